The molecule has 0 aliphatic rings. The number of aliphatic imine (C=N–C) groups is 1. The van der Waals surface area contributed by atoms with Crippen molar-refractivity contribution in [3.63, 3.8) is 0 Å². The zero-order valence-electron chi connectivity index (χ0n) is 15.6. The van der Waals surface area contributed by atoms with E-state index < -0.39 is 5.41 Å². The molecule has 1 aromatic heterocycles. The minimum Gasteiger partial charge on any atom is -0.358 e. The summed E-state index contributed by atoms with van der Waals surface area (Å²) in [6, 6.07) is 0. The number of allylic oxidation sites excluding steroid dienone is 2. The summed E-state index contributed by atoms with van der Waals surface area (Å²) < 4.78 is 0. The van der Waals surface area contributed by atoms with E-state index in [1.165, 1.54) is 11.3 Å². The normalized spacial score (nSPS) is 14.6. The number of rotatable bonds is 9. The molecule has 0 aromatic carbocycles. The second-order valence-corrected chi connectivity index (χ2v) is 6.98. The van der Waals surface area contributed by atoms with Crippen LogP contribution in [0.25, 0.3) is 0 Å². The zero-order valence-corrected chi connectivity index (χ0v) is 16.4. The number of aromatic nitrogens is 1. The second kappa shape index (κ2) is 10.1. The fourth-order valence-electron chi connectivity index (χ4n) is 2.52. The first-order valence-corrected chi connectivity index (χ1v) is 9.35. The molecule has 1 heterocycles. The van der Waals surface area contributed by atoms with E-state index in [9.17, 15) is 9.59 Å². The summed E-state index contributed by atoms with van der Waals surface area (Å²) in [4.78, 5) is 34.5. The van der Waals surface area contributed by atoms with Gasteiger partial charge in [-0.25, -0.2) is 4.98 Å². The molecular weight excluding hydrogens is 336 g/mol. The van der Waals surface area contributed by atoms with Gasteiger partial charge in [0.15, 0.2) is 0 Å². The van der Waals surface area contributed by atoms with E-state index in [0.717, 1.165) is 5.69 Å². The lowest BCUT2D eigenvalue weighted by Crippen LogP contribution is -2.53. The molecule has 2 N–H and O–H groups in total. The molecule has 0 saturated heterocycles. The monoisotopic (exact) mass is 364 g/mol. The van der Waals surface area contributed by atoms with E-state index in [0.29, 0.717) is 18.2 Å². The number of thiazole rings is 1. The highest BCUT2D eigenvalue weighted by Gasteiger charge is 2.46. The second-order valence-electron chi connectivity index (χ2n) is 6.27. The van der Waals surface area contributed by atoms with Crippen molar-refractivity contribution < 1.29 is 9.59 Å². The first-order valence-electron chi connectivity index (χ1n) is 8.41. The number of nitrogens with one attached hydrogen (secondary N) is 2. The molecule has 0 bridgehead atoms. The van der Waals surface area contributed by atoms with Gasteiger partial charge in [0, 0.05) is 43.7 Å². The van der Waals surface area contributed by atoms with Gasteiger partial charge in [0.2, 0.25) is 11.8 Å². The van der Waals surface area contributed by atoms with Crippen LogP contribution >= 0.6 is 11.3 Å². The van der Waals surface area contributed by atoms with Gasteiger partial charge in [0.1, 0.15) is 5.41 Å². The Morgan fingerprint density at radius 2 is 2.08 bits per heavy atom. The third-order valence-corrected chi connectivity index (χ3v) is 4.48. The first kappa shape index (κ1) is 21.0. The lowest BCUT2D eigenvalue weighted by Gasteiger charge is -2.30. The first-order chi connectivity index (χ1) is 11.9. The Hall–Kier alpha value is -2.02. The van der Waals surface area contributed by atoms with E-state index in [2.05, 4.69) is 20.6 Å². The number of hydrogen-bond acceptors (Lipinski definition) is 5. The molecule has 0 saturated carbocycles. The summed E-state index contributed by atoms with van der Waals surface area (Å²) in [5.41, 5.74) is 1.84. The highest BCUT2D eigenvalue weighted by atomic mass is 32.1. The number of carbonyl (C=O) groups excluding carboxylic acids is 2. The molecule has 1 aromatic rings. The summed E-state index contributed by atoms with van der Waals surface area (Å²) in [5, 5.41) is 7.44. The van der Waals surface area contributed by atoms with E-state index in [1.807, 2.05) is 39.2 Å². The van der Waals surface area contributed by atoms with Crippen molar-refractivity contribution >= 4 is 29.4 Å². The van der Waals surface area contributed by atoms with Crippen LogP contribution in [0.2, 0.25) is 0 Å². The summed E-state index contributed by atoms with van der Waals surface area (Å²) >= 11 is 1.45. The Morgan fingerprint density at radius 1 is 1.36 bits per heavy atom. The molecule has 138 valence electrons. The Kier molecular flexibility index (Phi) is 8.48. The standard InChI is InChI=1S/C18H28N4O2S/c1-6-14(20-7-2)8-18(16(23)19-5,9-15-11-25-12-22-15)17(24)21-10-13(3)4/h6-7,11-13H,8-10H2,1-5H3,(H,19,23)(H,21,24)/b14-6-,20-7?. The number of amides is 2. The van der Waals surface area contributed by atoms with Gasteiger partial charge in [-0.3, -0.25) is 14.6 Å². The Labute approximate surface area is 153 Å². The maximum Gasteiger partial charge on any atom is 0.236 e. The molecular formula is C18H28N4O2S. The van der Waals surface area contributed by atoms with Crippen molar-refractivity contribution in [2.24, 2.45) is 16.3 Å². The smallest absolute Gasteiger partial charge is 0.236 e. The molecule has 0 radical (unpaired) electrons. The molecule has 1 atom stereocenters. The molecule has 1 rings (SSSR count). The van der Waals surface area contributed by atoms with Crippen LogP contribution in [0.4, 0.5) is 0 Å². The van der Waals surface area contributed by atoms with Crippen LogP contribution in [0.15, 0.2) is 27.7 Å². The highest BCUT2D eigenvalue weighted by molar-refractivity contribution is 7.07. The molecule has 0 aliphatic heterocycles. The van der Waals surface area contributed by atoms with Crippen molar-refractivity contribution in [3.05, 3.63) is 28.4 Å². The predicted molar refractivity (Wildman–Crippen MR) is 103 cm³/mol. The van der Waals surface area contributed by atoms with Gasteiger partial charge in [-0.1, -0.05) is 19.9 Å². The summed E-state index contributed by atoms with van der Waals surface area (Å²) in [7, 11) is 1.55. The average Bonchev–Trinajstić information content (AvgIpc) is 3.10. The van der Waals surface area contributed by atoms with E-state index in [1.54, 1.807) is 18.8 Å². The van der Waals surface area contributed by atoms with Gasteiger partial charge >= 0.3 is 0 Å². The van der Waals surface area contributed by atoms with Crippen LogP contribution in [0, 0.1) is 11.3 Å². The molecule has 0 fully saturated rings. The fraction of sp³-hybridized carbons (Fsp3) is 0.556. The van der Waals surface area contributed by atoms with Crippen LogP contribution < -0.4 is 10.6 Å². The minimum absolute atomic E-state index is 0.217. The SMILES string of the molecule is CC=N/C(=C\C)CC(Cc1cscn1)(C(=O)NC)C(=O)NCC(C)C. The summed E-state index contributed by atoms with van der Waals surface area (Å²) in [6.45, 7) is 8.20. The Morgan fingerprint density at radius 3 is 2.56 bits per heavy atom. The molecule has 6 nitrogen and oxygen atoms in total. The lowest BCUT2D eigenvalue weighted by molar-refractivity contribution is -0.143. The van der Waals surface area contributed by atoms with Crippen molar-refractivity contribution in [2.45, 2.75) is 40.5 Å². The van der Waals surface area contributed by atoms with Crippen molar-refractivity contribution in [1.82, 2.24) is 15.6 Å². The van der Waals surface area contributed by atoms with Gasteiger partial charge in [-0.05, 0) is 19.8 Å². The zero-order chi connectivity index (χ0) is 18.9. The van der Waals surface area contributed by atoms with Crippen LogP contribution in [-0.4, -0.2) is 36.6 Å². The van der Waals surface area contributed by atoms with Gasteiger partial charge in [0.05, 0.1) is 11.2 Å². The van der Waals surface area contributed by atoms with Gasteiger partial charge < -0.3 is 10.6 Å². The van der Waals surface area contributed by atoms with Crippen LogP contribution in [-0.2, 0) is 16.0 Å². The van der Waals surface area contributed by atoms with Gasteiger partial charge in [0.25, 0.3) is 0 Å². The number of carbonyl (C=O) groups is 2. The average molecular weight is 365 g/mol. The van der Waals surface area contributed by atoms with Crippen LogP contribution in [0.5, 0.6) is 0 Å². The Balaban J connectivity index is 3.30. The topological polar surface area (TPSA) is 83.5 Å². The maximum atomic E-state index is 13.1. The van der Waals surface area contributed by atoms with Crippen LogP contribution in [0.3, 0.4) is 0 Å². The van der Waals surface area contributed by atoms with Crippen molar-refractivity contribution in [1.29, 1.82) is 0 Å². The summed E-state index contributed by atoms with van der Waals surface area (Å²) in [6.07, 6.45) is 3.94. The largest absolute Gasteiger partial charge is 0.358 e. The van der Waals surface area contributed by atoms with Crippen LogP contribution in [0.1, 0.15) is 39.8 Å². The molecule has 25 heavy (non-hydrogen) atoms. The maximum absolute atomic E-state index is 13.1. The molecule has 7 heteroatoms. The number of nitrogens with zero attached hydrogens (tertiary/aromatic N) is 2. The molecule has 1 unspecified atom stereocenters. The molecule has 0 spiro atoms. The van der Waals surface area contributed by atoms with E-state index in [-0.39, 0.29) is 24.7 Å². The lowest BCUT2D eigenvalue weighted by atomic mass is 9.76. The minimum atomic E-state index is -1.29. The quantitative estimate of drug-likeness (QED) is 0.522. The molecule has 0 aliphatic carbocycles. The van der Waals surface area contributed by atoms with Gasteiger partial charge in [-0.2, -0.15) is 0 Å². The van der Waals surface area contributed by atoms with E-state index >= 15 is 0 Å². The summed E-state index contributed by atoms with van der Waals surface area (Å²) in [5.74, 6) is -0.327. The third kappa shape index (κ3) is 5.77. The van der Waals surface area contributed by atoms with Crippen molar-refractivity contribution in [2.75, 3.05) is 13.6 Å². The highest BCUT2D eigenvalue weighted by Crippen LogP contribution is 2.32. The van der Waals surface area contributed by atoms with Gasteiger partial charge in [-0.15, -0.1) is 11.3 Å². The van der Waals surface area contributed by atoms with Crippen molar-refractivity contribution in [3.8, 4) is 0 Å². The predicted octanol–water partition coefficient (Wildman–Crippen LogP) is 2.57. The fourth-order valence-corrected chi connectivity index (χ4v) is 3.08. The van der Waals surface area contributed by atoms with E-state index in [4.69, 9.17) is 0 Å². The Bertz CT molecular complexity index is 623. The number of hydrogen-bond donors (Lipinski definition) is 2. The third-order valence-electron chi connectivity index (χ3n) is 3.84. The molecule has 2 amide bonds.